The van der Waals surface area contributed by atoms with E-state index in [4.69, 9.17) is 4.42 Å². The number of nitrogens with one attached hydrogen (secondary N) is 1. The minimum Gasteiger partial charge on any atom is -0.428 e. The van der Waals surface area contributed by atoms with Crippen LogP contribution in [0.4, 0.5) is 4.39 Å². The molecule has 0 saturated heterocycles. The minimum absolute atomic E-state index is 0.143. The average molecular weight is 331 g/mol. The molecule has 1 aromatic heterocycles. The van der Waals surface area contributed by atoms with Gasteiger partial charge in [-0.15, -0.1) is 0 Å². The zero-order chi connectivity index (χ0) is 17.3. The van der Waals surface area contributed by atoms with Crippen LogP contribution in [0.25, 0.3) is 0 Å². The lowest BCUT2D eigenvalue weighted by Gasteiger charge is -2.36. The number of rotatable bonds is 5. The van der Waals surface area contributed by atoms with E-state index in [1.165, 1.54) is 18.2 Å². The fourth-order valence-corrected chi connectivity index (χ4v) is 3.41. The van der Waals surface area contributed by atoms with E-state index in [2.05, 4.69) is 5.32 Å². The van der Waals surface area contributed by atoms with Gasteiger partial charge in [-0.3, -0.25) is 5.32 Å². The molecular weight excluding hydrogens is 309 g/mol. The Hall–Kier alpha value is -1.98. The first-order chi connectivity index (χ1) is 11.5. The Morgan fingerprint density at radius 1 is 1.29 bits per heavy atom. The number of benzene rings is 1. The molecule has 1 heterocycles. The van der Waals surface area contributed by atoms with Crippen LogP contribution < -0.4 is 10.9 Å². The molecule has 5 heteroatoms. The van der Waals surface area contributed by atoms with Crippen LogP contribution in [0.2, 0.25) is 0 Å². The van der Waals surface area contributed by atoms with Crippen molar-refractivity contribution in [2.45, 2.75) is 45.4 Å². The Balaban J connectivity index is 1.89. The first-order valence-electron chi connectivity index (χ1n) is 8.26. The van der Waals surface area contributed by atoms with Gasteiger partial charge in [-0.05, 0) is 55.9 Å². The van der Waals surface area contributed by atoms with Gasteiger partial charge < -0.3 is 9.52 Å². The molecule has 128 valence electrons. The summed E-state index contributed by atoms with van der Waals surface area (Å²) >= 11 is 0. The maximum absolute atomic E-state index is 13.6. The van der Waals surface area contributed by atoms with E-state index in [0.29, 0.717) is 22.8 Å². The lowest BCUT2D eigenvalue weighted by Crippen LogP contribution is -2.35. The summed E-state index contributed by atoms with van der Waals surface area (Å²) < 4.78 is 18.7. The largest absolute Gasteiger partial charge is 0.428 e. The predicted molar refractivity (Wildman–Crippen MR) is 89.0 cm³/mol. The van der Waals surface area contributed by atoms with Gasteiger partial charge in [0, 0.05) is 17.7 Å². The monoisotopic (exact) mass is 331 g/mol. The molecule has 1 fully saturated rings. The first kappa shape index (κ1) is 16.9. The summed E-state index contributed by atoms with van der Waals surface area (Å²) in [6.45, 7) is 3.43. The van der Waals surface area contributed by atoms with Crippen LogP contribution in [-0.2, 0) is 0 Å². The second-order valence-corrected chi connectivity index (χ2v) is 6.51. The molecule has 24 heavy (non-hydrogen) atoms. The molecule has 2 atom stereocenters. The third kappa shape index (κ3) is 3.42. The van der Waals surface area contributed by atoms with Crippen molar-refractivity contribution < 1.29 is 13.9 Å². The topological polar surface area (TPSA) is 62.5 Å². The van der Waals surface area contributed by atoms with Gasteiger partial charge in [-0.25, -0.2) is 9.18 Å². The summed E-state index contributed by atoms with van der Waals surface area (Å²) in [5.74, 6) is 0.468. The Morgan fingerprint density at radius 2 is 2.04 bits per heavy atom. The molecule has 2 N–H and O–H groups in total. The summed E-state index contributed by atoms with van der Waals surface area (Å²) in [4.78, 5) is 11.4. The van der Waals surface area contributed by atoms with Crippen LogP contribution in [0.1, 0.15) is 54.0 Å². The Bertz CT molecular complexity index is 756. The summed E-state index contributed by atoms with van der Waals surface area (Å²) in [5.41, 5.74) is 1.64. The molecule has 0 amide bonds. The molecule has 1 aromatic carbocycles. The second kappa shape index (κ2) is 6.87. The lowest BCUT2D eigenvalue weighted by atomic mass is 9.77. The highest BCUT2D eigenvalue weighted by Crippen LogP contribution is 2.39. The molecule has 0 bridgehead atoms. The van der Waals surface area contributed by atoms with E-state index in [9.17, 15) is 14.3 Å². The first-order valence-corrected chi connectivity index (χ1v) is 8.26. The highest BCUT2D eigenvalue weighted by molar-refractivity contribution is 5.29. The maximum Gasteiger partial charge on any atom is 0.336 e. The molecule has 0 spiro atoms. The van der Waals surface area contributed by atoms with Gasteiger partial charge in [0.15, 0.2) is 0 Å². The van der Waals surface area contributed by atoms with Gasteiger partial charge in [0.1, 0.15) is 17.8 Å². The summed E-state index contributed by atoms with van der Waals surface area (Å²) in [6.07, 6.45) is 2.25. The Morgan fingerprint density at radius 3 is 2.62 bits per heavy atom. The summed E-state index contributed by atoms with van der Waals surface area (Å²) in [5, 5.41) is 13.9. The van der Waals surface area contributed by atoms with E-state index in [-0.39, 0.29) is 11.9 Å². The number of aliphatic hydroxyl groups is 1. The third-order valence-electron chi connectivity index (χ3n) is 4.83. The molecule has 2 aromatic rings. The van der Waals surface area contributed by atoms with Crippen LogP contribution >= 0.6 is 0 Å². The Labute approximate surface area is 140 Å². The SMILES string of the molecule is Cc1cc(=O)oc(C)c1C(O)NC(c1cccc(F)c1)C1CCC1. The van der Waals surface area contributed by atoms with Crippen molar-refractivity contribution in [2.75, 3.05) is 0 Å². The van der Waals surface area contributed by atoms with E-state index in [1.54, 1.807) is 19.9 Å². The van der Waals surface area contributed by atoms with Gasteiger partial charge in [-0.1, -0.05) is 18.6 Å². The summed E-state index contributed by atoms with van der Waals surface area (Å²) in [6, 6.07) is 7.70. The zero-order valence-electron chi connectivity index (χ0n) is 13.9. The fourth-order valence-electron chi connectivity index (χ4n) is 3.41. The highest BCUT2D eigenvalue weighted by Gasteiger charge is 2.31. The maximum atomic E-state index is 13.6. The molecule has 1 saturated carbocycles. The smallest absolute Gasteiger partial charge is 0.336 e. The molecule has 1 aliphatic carbocycles. The van der Waals surface area contributed by atoms with E-state index < -0.39 is 11.9 Å². The summed E-state index contributed by atoms with van der Waals surface area (Å²) in [7, 11) is 0. The molecule has 0 aliphatic heterocycles. The van der Waals surface area contributed by atoms with Crippen molar-refractivity contribution in [3.63, 3.8) is 0 Å². The van der Waals surface area contributed by atoms with Crippen molar-refractivity contribution in [1.29, 1.82) is 0 Å². The van der Waals surface area contributed by atoms with Crippen LogP contribution in [0.15, 0.2) is 39.5 Å². The van der Waals surface area contributed by atoms with Gasteiger partial charge in [-0.2, -0.15) is 0 Å². The van der Waals surface area contributed by atoms with E-state index in [1.807, 2.05) is 6.07 Å². The molecule has 0 radical (unpaired) electrons. The quantitative estimate of drug-likeness (QED) is 0.823. The van der Waals surface area contributed by atoms with Crippen LogP contribution in [0.5, 0.6) is 0 Å². The number of aliphatic hydroxyl groups excluding tert-OH is 1. The minimum atomic E-state index is -0.983. The molecule has 2 unspecified atom stereocenters. The normalized spacial score (nSPS) is 17.3. The third-order valence-corrected chi connectivity index (χ3v) is 4.83. The van der Waals surface area contributed by atoms with E-state index >= 15 is 0 Å². The zero-order valence-corrected chi connectivity index (χ0v) is 13.9. The number of hydrogen-bond acceptors (Lipinski definition) is 4. The second-order valence-electron chi connectivity index (χ2n) is 6.51. The molecular formula is C19H22FNO3. The van der Waals surface area contributed by atoms with Gasteiger partial charge in [0.25, 0.3) is 0 Å². The number of aryl methyl sites for hydroxylation is 2. The van der Waals surface area contributed by atoms with Gasteiger partial charge in [0.05, 0.1) is 0 Å². The van der Waals surface area contributed by atoms with Gasteiger partial charge in [0.2, 0.25) is 0 Å². The number of hydrogen-bond donors (Lipinski definition) is 2. The van der Waals surface area contributed by atoms with Crippen molar-refractivity contribution >= 4 is 0 Å². The fraction of sp³-hybridized carbons (Fsp3) is 0.421. The number of halogens is 1. The van der Waals surface area contributed by atoms with Crippen molar-refractivity contribution in [3.8, 4) is 0 Å². The Kier molecular flexibility index (Phi) is 4.83. The van der Waals surface area contributed by atoms with Crippen molar-refractivity contribution in [3.05, 3.63) is 69.0 Å². The van der Waals surface area contributed by atoms with Crippen molar-refractivity contribution in [2.24, 2.45) is 5.92 Å². The molecule has 4 nitrogen and oxygen atoms in total. The van der Waals surface area contributed by atoms with E-state index in [0.717, 1.165) is 24.8 Å². The van der Waals surface area contributed by atoms with Crippen molar-refractivity contribution in [1.82, 2.24) is 5.32 Å². The lowest BCUT2D eigenvalue weighted by molar-refractivity contribution is 0.0890. The van der Waals surface area contributed by atoms with Crippen LogP contribution in [0, 0.1) is 25.6 Å². The molecule has 3 rings (SSSR count). The highest BCUT2D eigenvalue weighted by atomic mass is 19.1. The van der Waals surface area contributed by atoms with Gasteiger partial charge >= 0.3 is 5.63 Å². The standard InChI is InChI=1S/C19H22FNO3/c1-11-9-16(22)24-12(2)17(11)19(23)21-18(13-5-3-6-13)14-7-4-8-15(20)10-14/h4,7-10,13,18-19,21,23H,3,5-6H2,1-2H3. The van der Waals surface area contributed by atoms with Crippen LogP contribution in [0.3, 0.4) is 0 Å². The molecule has 1 aliphatic rings. The average Bonchev–Trinajstić information content (AvgIpc) is 2.43. The predicted octanol–water partition coefficient (Wildman–Crippen LogP) is 3.52. The van der Waals surface area contributed by atoms with Crippen LogP contribution in [-0.4, -0.2) is 5.11 Å².